The second-order valence-electron chi connectivity index (χ2n) is 16.1. The number of carbonyl (C=O) groups excluding carboxylic acids is 3. The van der Waals surface area contributed by atoms with E-state index in [1.165, 1.54) is 44.9 Å². The minimum atomic E-state index is -0.811. The van der Waals surface area contributed by atoms with Crippen molar-refractivity contribution < 1.29 is 28.6 Å². The molecule has 0 aromatic carbocycles. The highest BCUT2D eigenvalue weighted by atomic mass is 16.6. The zero-order valence-electron chi connectivity index (χ0n) is 39.8. The molecule has 0 radical (unpaired) electrons. The van der Waals surface area contributed by atoms with E-state index in [4.69, 9.17) is 14.2 Å². The van der Waals surface area contributed by atoms with E-state index in [9.17, 15) is 14.4 Å². The van der Waals surface area contributed by atoms with Crippen LogP contribution >= 0.6 is 0 Å². The van der Waals surface area contributed by atoms with E-state index in [0.29, 0.717) is 12.8 Å². The second-order valence-corrected chi connectivity index (χ2v) is 16.1. The van der Waals surface area contributed by atoms with E-state index < -0.39 is 6.10 Å². The monoisotopic (exact) mass is 859 g/mol. The van der Waals surface area contributed by atoms with Crippen molar-refractivity contribution in [3.63, 3.8) is 0 Å². The summed E-state index contributed by atoms with van der Waals surface area (Å²) in [5.74, 6) is -0.986. The molecule has 0 fully saturated rings. The molecule has 6 heteroatoms. The highest BCUT2D eigenvalue weighted by molar-refractivity contribution is 5.71. The average molecular weight is 859 g/mol. The summed E-state index contributed by atoms with van der Waals surface area (Å²) in [5.41, 5.74) is 0. The molecular weight excluding hydrogens is 769 g/mol. The van der Waals surface area contributed by atoms with Crippen LogP contribution in [0.15, 0.2) is 109 Å². The second kappa shape index (κ2) is 49.7. The number of allylic oxidation sites excluding steroid dienone is 18. The number of carbonyl (C=O) groups is 3. The van der Waals surface area contributed by atoms with Gasteiger partial charge >= 0.3 is 17.9 Å². The van der Waals surface area contributed by atoms with Crippen LogP contribution in [0.1, 0.15) is 207 Å². The molecule has 0 N–H and O–H groups in total. The summed E-state index contributed by atoms with van der Waals surface area (Å²) >= 11 is 0. The Bertz CT molecular complexity index is 1310. The Balaban J connectivity index is 4.52. The molecule has 1 atom stereocenters. The van der Waals surface area contributed by atoms with Gasteiger partial charge in [-0.25, -0.2) is 0 Å². The van der Waals surface area contributed by atoms with Crippen LogP contribution in [-0.2, 0) is 28.6 Å². The highest BCUT2D eigenvalue weighted by Gasteiger charge is 2.19. The summed E-state index contributed by atoms with van der Waals surface area (Å²) in [6.45, 7) is 6.28. The summed E-state index contributed by atoms with van der Waals surface area (Å²) in [5, 5.41) is 0. The third-order valence-electron chi connectivity index (χ3n) is 10.2. The minimum Gasteiger partial charge on any atom is -0.462 e. The van der Waals surface area contributed by atoms with Gasteiger partial charge < -0.3 is 14.2 Å². The van der Waals surface area contributed by atoms with Crippen LogP contribution in [0.25, 0.3) is 0 Å². The van der Waals surface area contributed by atoms with E-state index >= 15 is 0 Å². The van der Waals surface area contributed by atoms with Gasteiger partial charge in [0.25, 0.3) is 0 Å². The molecule has 0 aliphatic rings. The van der Waals surface area contributed by atoms with E-state index in [1.54, 1.807) is 0 Å². The van der Waals surface area contributed by atoms with Gasteiger partial charge in [0.1, 0.15) is 13.2 Å². The lowest BCUT2D eigenvalue weighted by Gasteiger charge is -2.18. The average Bonchev–Trinajstić information content (AvgIpc) is 3.27. The minimum absolute atomic E-state index is 0.110. The molecule has 0 saturated carbocycles. The van der Waals surface area contributed by atoms with Gasteiger partial charge in [-0.15, -0.1) is 0 Å². The molecule has 0 spiro atoms. The molecule has 0 aliphatic carbocycles. The van der Waals surface area contributed by atoms with Gasteiger partial charge in [-0.2, -0.15) is 0 Å². The first-order chi connectivity index (χ1) is 30.5. The van der Waals surface area contributed by atoms with Crippen molar-refractivity contribution >= 4 is 17.9 Å². The zero-order valence-corrected chi connectivity index (χ0v) is 39.8. The van der Waals surface area contributed by atoms with Crippen LogP contribution in [0.3, 0.4) is 0 Å². The lowest BCUT2D eigenvalue weighted by Crippen LogP contribution is -2.30. The Morgan fingerprint density at radius 3 is 1.02 bits per heavy atom. The number of esters is 3. The van der Waals surface area contributed by atoms with Crippen molar-refractivity contribution in [2.75, 3.05) is 13.2 Å². The van der Waals surface area contributed by atoms with Crippen molar-refractivity contribution in [3.05, 3.63) is 109 Å². The largest absolute Gasteiger partial charge is 0.462 e. The standard InChI is InChI=1S/C56H90O6/c1-4-7-10-13-16-19-22-25-27-29-31-34-37-40-43-46-49-55(58)61-52-53(51-60-54(57)48-45-42-39-36-33-30-24-21-18-15-12-9-6-3)62-56(59)50-47-44-41-38-35-32-28-26-23-20-17-14-11-8-5-2/h8-9,11-12,14-15,17-18,20-21,23-24,26-29,31,34,53H,4-7,10,13,16,19,22,25,30,32-33,35-52H2,1-3H3/b11-8+,12-9+,17-14+,18-15+,23-20+,24-21+,28-26+,29-27+,34-31+. The van der Waals surface area contributed by atoms with Crippen LogP contribution in [-0.4, -0.2) is 37.2 Å². The normalized spacial score (nSPS) is 13.0. The molecule has 62 heavy (non-hydrogen) atoms. The van der Waals surface area contributed by atoms with E-state index in [0.717, 1.165) is 122 Å². The summed E-state index contributed by atoms with van der Waals surface area (Å²) < 4.78 is 16.7. The molecule has 350 valence electrons. The maximum atomic E-state index is 12.8. The van der Waals surface area contributed by atoms with Gasteiger partial charge in [-0.1, -0.05) is 214 Å². The number of ether oxygens (including phenoxy) is 3. The Morgan fingerprint density at radius 2 is 0.629 bits per heavy atom. The van der Waals surface area contributed by atoms with E-state index in [1.807, 2.05) is 24.3 Å². The summed E-state index contributed by atoms with van der Waals surface area (Å²) in [6.07, 6.45) is 66.4. The predicted octanol–water partition coefficient (Wildman–Crippen LogP) is 16.4. The first kappa shape index (κ1) is 58.1. The quantitative estimate of drug-likeness (QED) is 0.0263. The van der Waals surface area contributed by atoms with Crippen LogP contribution < -0.4 is 0 Å². The lowest BCUT2D eigenvalue weighted by molar-refractivity contribution is -0.167. The van der Waals surface area contributed by atoms with E-state index in [-0.39, 0.29) is 37.5 Å². The van der Waals surface area contributed by atoms with Crippen LogP contribution in [0.2, 0.25) is 0 Å². The Morgan fingerprint density at radius 1 is 0.339 bits per heavy atom. The van der Waals surface area contributed by atoms with Crippen molar-refractivity contribution in [1.29, 1.82) is 0 Å². The maximum Gasteiger partial charge on any atom is 0.306 e. The molecule has 0 amide bonds. The molecule has 0 aromatic heterocycles. The fraction of sp³-hybridized carbons (Fsp3) is 0.625. The predicted molar refractivity (Wildman–Crippen MR) is 265 cm³/mol. The van der Waals surface area contributed by atoms with Gasteiger partial charge in [0.15, 0.2) is 6.10 Å². The third-order valence-corrected chi connectivity index (χ3v) is 10.2. The summed E-state index contributed by atoms with van der Waals surface area (Å²) in [6, 6.07) is 0. The molecule has 0 bridgehead atoms. The summed E-state index contributed by atoms with van der Waals surface area (Å²) in [4.78, 5) is 37.9. The van der Waals surface area contributed by atoms with Crippen LogP contribution in [0.4, 0.5) is 0 Å². The van der Waals surface area contributed by atoms with E-state index in [2.05, 4.69) is 106 Å². The number of unbranched alkanes of at least 4 members (excludes halogenated alkanes) is 20. The zero-order chi connectivity index (χ0) is 45.1. The Kier molecular flexibility index (Phi) is 46.6. The molecule has 6 nitrogen and oxygen atoms in total. The first-order valence-electron chi connectivity index (χ1n) is 25.0. The van der Waals surface area contributed by atoms with Gasteiger partial charge in [0.2, 0.25) is 0 Å². The smallest absolute Gasteiger partial charge is 0.306 e. The van der Waals surface area contributed by atoms with Gasteiger partial charge in [0.05, 0.1) is 0 Å². The topological polar surface area (TPSA) is 78.9 Å². The molecular formula is C56H90O6. The SMILES string of the molecule is CC/C=C/C=C/C=C/C=C/CCCCCCCC(=O)OC(COC(=O)CCCCC/C=C/C=C/CCCCCCCCC)COC(=O)CCCCCCC/C=C/C=C/C=C/CC. The molecule has 0 aliphatic heterocycles. The Hall–Kier alpha value is -3.93. The fourth-order valence-electron chi connectivity index (χ4n) is 6.44. The Labute approximate surface area is 380 Å². The van der Waals surface area contributed by atoms with Gasteiger partial charge in [-0.3, -0.25) is 14.4 Å². The molecule has 1 unspecified atom stereocenters. The van der Waals surface area contributed by atoms with Crippen LogP contribution in [0, 0.1) is 0 Å². The highest BCUT2D eigenvalue weighted by Crippen LogP contribution is 2.13. The molecule has 0 rings (SSSR count). The number of rotatable bonds is 43. The van der Waals surface area contributed by atoms with Gasteiger partial charge in [-0.05, 0) is 83.5 Å². The number of hydrogen-bond acceptors (Lipinski definition) is 6. The first-order valence-corrected chi connectivity index (χ1v) is 25.0. The van der Waals surface area contributed by atoms with Crippen molar-refractivity contribution in [2.24, 2.45) is 0 Å². The maximum absolute atomic E-state index is 12.8. The third kappa shape index (κ3) is 47.1. The molecule has 0 heterocycles. The van der Waals surface area contributed by atoms with Crippen molar-refractivity contribution in [3.8, 4) is 0 Å². The molecule has 0 aromatic rings. The fourth-order valence-corrected chi connectivity index (χ4v) is 6.44. The van der Waals surface area contributed by atoms with Crippen molar-refractivity contribution in [1.82, 2.24) is 0 Å². The van der Waals surface area contributed by atoms with Crippen LogP contribution in [0.5, 0.6) is 0 Å². The van der Waals surface area contributed by atoms with Crippen molar-refractivity contribution in [2.45, 2.75) is 213 Å². The van der Waals surface area contributed by atoms with Gasteiger partial charge in [0, 0.05) is 19.3 Å². The summed E-state index contributed by atoms with van der Waals surface area (Å²) in [7, 11) is 0. The molecule has 0 saturated heterocycles. The number of hydrogen-bond donors (Lipinski definition) is 0. The lowest BCUT2D eigenvalue weighted by atomic mass is 10.1.